The minimum atomic E-state index is -0.00358. The van der Waals surface area contributed by atoms with Crippen molar-refractivity contribution in [3.05, 3.63) is 71.9 Å². The van der Waals surface area contributed by atoms with Crippen LogP contribution in [0.4, 0.5) is 11.5 Å². The molecule has 1 aliphatic carbocycles. The van der Waals surface area contributed by atoms with Crippen molar-refractivity contribution in [1.82, 2.24) is 9.78 Å². The smallest absolute Gasteiger partial charge is 0.245 e. The van der Waals surface area contributed by atoms with E-state index in [1.54, 1.807) is 0 Å². The van der Waals surface area contributed by atoms with Gasteiger partial charge < -0.3 is 10.2 Å². The number of nitrogens with zero attached hydrogens (tertiary/aromatic N) is 3. The predicted molar refractivity (Wildman–Crippen MR) is 111 cm³/mol. The number of para-hydroxylation sites is 2. The minimum Gasteiger partial charge on any atom is -0.362 e. The van der Waals surface area contributed by atoms with Gasteiger partial charge in [0.1, 0.15) is 5.82 Å². The van der Waals surface area contributed by atoms with Crippen molar-refractivity contribution >= 4 is 17.4 Å². The van der Waals surface area contributed by atoms with Gasteiger partial charge in [-0.25, -0.2) is 4.68 Å². The van der Waals surface area contributed by atoms with Crippen LogP contribution in [0.15, 0.2) is 60.7 Å². The fourth-order valence-electron chi connectivity index (χ4n) is 3.96. The number of aryl methyl sites for hydroxylation is 1. The largest absolute Gasteiger partial charge is 0.362 e. The number of amides is 1. The molecule has 0 radical (unpaired) electrons. The number of fused-ring (bicyclic) bond motifs is 1. The third-order valence-corrected chi connectivity index (χ3v) is 5.53. The van der Waals surface area contributed by atoms with Crippen LogP contribution in [-0.4, -0.2) is 28.8 Å². The van der Waals surface area contributed by atoms with Crippen LogP contribution >= 0.6 is 0 Å². The van der Waals surface area contributed by atoms with Crippen molar-refractivity contribution in [2.75, 3.05) is 23.3 Å². The summed E-state index contributed by atoms with van der Waals surface area (Å²) in [5.74, 6) is 1.29. The van der Waals surface area contributed by atoms with Crippen molar-refractivity contribution < 1.29 is 4.79 Å². The molecule has 0 atom stereocenters. The highest BCUT2D eigenvalue weighted by atomic mass is 16.2. The van der Waals surface area contributed by atoms with E-state index in [0.29, 0.717) is 12.5 Å². The van der Waals surface area contributed by atoms with Gasteiger partial charge in [-0.15, -0.1) is 0 Å². The molecule has 2 aromatic carbocycles. The molecule has 2 aliphatic rings. The third-order valence-electron chi connectivity index (χ3n) is 5.53. The summed E-state index contributed by atoms with van der Waals surface area (Å²) in [6.07, 6.45) is 4.53. The monoisotopic (exact) mass is 372 g/mol. The van der Waals surface area contributed by atoms with Gasteiger partial charge in [-0.05, 0) is 49.4 Å². The average Bonchev–Trinajstić information content (AvgIpc) is 3.50. The maximum Gasteiger partial charge on any atom is 0.245 e. The number of carbonyl (C=O) groups excluding carboxylic acids is 1. The summed E-state index contributed by atoms with van der Waals surface area (Å²) in [4.78, 5) is 15.1. The van der Waals surface area contributed by atoms with Crippen molar-refractivity contribution in [3.63, 3.8) is 0 Å². The molecule has 0 saturated heterocycles. The normalized spacial score (nSPS) is 15.9. The van der Waals surface area contributed by atoms with E-state index in [4.69, 9.17) is 5.10 Å². The van der Waals surface area contributed by atoms with Gasteiger partial charge in [0, 0.05) is 24.2 Å². The zero-order chi connectivity index (χ0) is 18.9. The lowest BCUT2D eigenvalue weighted by Gasteiger charge is -2.30. The molecule has 1 fully saturated rings. The summed E-state index contributed by atoms with van der Waals surface area (Å²) >= 11 is 0. The standard InChI is InChI=1S/C23H24N4O/c28-23(16-26-14-6-8-18-7-4-5-11-21(18)26)24-22-15-20(17-12-13-17)25-27(22)19-9-2-1-3-10-19/h1-5,7,9-11,15,17H,6,8,12-14,16H2,(H,24,28). The molecule has 1 N–H and O–H groups in total. The van der Waals surface area contributed by atoms with E-state index >= 15 is 0 Å². The van der Waals surface area contributed by atoms with Gasteiger partial charge >= 0.3 is 0 Å². The van der Waals surface area contributed by atoms with E-state index in [2.05, 4.69) is 28.4 Å². The summed E-state index contributed by atoms with van der Waals surface area (Å²) in [6, 6.07) is 20.4. The molecule has 142 valence electrons. The number of hydrogen-bond acceptors (Lipinski definition) is 3. The Morgan fingerprint density at radius 2 is 1.86 bits per heavy atom. The fraction of sp³-hybridized carbons (Fsp3) is 0.304. The SMILES string of the molecule is O=C(CN1CCCc2ccccc21)Nc1cc(C2CC2)nn1-c1ccccc1. The van der Waals surface area contributed by atoms with Crippen LogP contribution in [-0.2, 0) is 11.2 Å². The summed E-state index contributed by atoms with van der Waals surface area (Å²) in [6.45, 7) is 1.27. The van der Waals surface area contributed by atoms with Gasteiger partial charge in [0.15, 0.2) is 0 Å². The number of benzene rings is 2. The van der Waals surface area contributed by atoms with Crippen LogP contribution in [0.5, 0.6) is 0 Å². The second-order valence-electron chi connectivity index (χ2n) is 7.68. The van der Waals surface area contributed by atoms with E-state index in [9.17, 15) is 4.79 Å². The van der Waals surface area contributed by atoms with Crippen LogP contribution in [0.25, 0.3) is 5.69 Å². The Labute approximate surface area is 165 Å². The first-order valence-electron chi connectivity index (χ1n) is 10.1. The molecule has 0 bridgehead atoms. The zero-order valence-electron chi connectivity index (χ0n) is 15.8. The van der Waals surface area contributed by atoms with Crippen LogP contribution in [0.1, 0.15) is 36.4 Å². The van der Waals surface area contributed by atoms with Gasteiger partial charge in [0.25, 0.3) is 0 Å². The van der Waals surface area contributed by atoms with Crippen LogP contribution in [0.2, 0.25) is 0 Å². The molecule has 1 aliphatic heterocycles. The summed E-state index contributed by atoms with van der Waals surface area (Å²) in [7, 11) is 0. The number of hydrogen-bond donors (Lipinski definition) is 1. The molecule has 1 aromatic heterocycles. The lowest BCUT2D eigenvalue weighted by atomic mass is 10.0. The molecule has 1 amide bonds. The Morgan fingerprint density at radius 3 is 2.68 bits per heavy atom. The van der Waals surface area contributed by atoms with Gasteiger partial charge in [0.2, 0.25) is 5.91 Å². The second-order valence-corrected chi connectivity index (χ2v) is 7.68. The maximum atomic E-state index is 12.9. The predicted octanol–water partition coefficient (Wildman–Crippen LogP) is 4.14. The van der Waals surface area contributed by atoms with E-state index in [-0.39, 0.29) is 5.91 Å². The molecule has 3 aromatic rings. The molecule has 28 heavy (non-hydrogen) atoms. The van der Waals surface area contributed by atoms with Crippen molar-refractivity contribution in [1.29, 1.82) is 0 Å². The second kappa shape index (κ2) is 7.15. The molecule has 5 rings (SSSR count). The van der Waals surface area contributed by atoms with Crippen LogP contribution in [0.3, 0.4) is 0 Å². The number of carbonyl (C=O) groups is 1. The Bertz CT molecular complexity index is 991. The Balaban J connectivity index is 1.37. The van der Waals surface area contributed by atoms with E-state index in [0.717, 1.165) is 36.6 Å². The quantitative estimate of drug-likeness (QED) is 0.732. The summed E-state index contributed by atoms with van der Waals surface area (Å²) in [5, 5.41) is 7.88. The molecular formula is C23H24N4O. The molecular weight excluding hydrogens is 348 g/mol. The van der Waals surface area contributed by atoms with Gasteiger partial charge in [0.05, 0.1) is 17.9 Å². The Kier molecular flexibility index (Phi) is 4.35. The zero-order valence-corrected chi connectivity index (χ0v) is 15.8. The maximum absolute atomic E-state index is 12.9. The minimum absolute atomic E-state index is 0.00358. The first-order valence-corrected chi connectivity index (χ1v) is 10.1. The number of aromatic nitrogens is 2. The molecule has 5 heteroatoms. The van der Waals surface area contributed by atoms with Crippen LogP contribution in [0, 0.1) is 0 Å². The van der Waals surface area contributed by atoms with Gasteiger partial charge in [-0.3, -0.25) is 4.79 Å². The number of rotatable bonds is 5. The van der Waals surface area contributed by atoms with E-state index in [1.807, 2.05) is 47.1 Å². The molecule has 5 nitrogen and oxygen atoms in total. The lowest BCUT2D eigenvalue weighted by Crippen LogP contribution is -2.37. The van der Waals surface area contributed by atoms with Gasteiger partial charge in [-0.1, -0.05) is 36.4 Å². The van der Waals surface area contributed by atoms with Crippen molar-refractivity contribution in [2.45, 2.75) is 31.6 Å². The average molecular weight is 372 g/mol. The van der Waals surface area contributed by atoms with E-state index < -0.39 is 0 Å². The molecule has 2 heterocycles. The molecule has 0 spiro atoms. The van der Waals surface area contributed by atoms with Crippen LogP contribution < -0.4 is 10.2 Å². The fourth-order valence-corrected chi connectivity index (χ4v) is 3.96. The highest BCUT2D eigenvalue weighted by Crippen LogP contribution is 2.40. The number of nitrogens with one attached hydrogen (secondary N) is 1. The molecule has 0 unspecified atom stereocenters. The lowest BCUT2D eigenvalue weighted by molar-refractivity contribution is -0.115. The Morgan fingerprint density at radius 1 is 1.07 bits per heavy atom. The number of anilines is 2. The molecule has 1 saturated carbocycles. The third kappa shape index (κ3) is 3.40. The summed E-state index contributed by atoms with van der Waals surface area (Å²) < 4.78 is 1.86. The highest BCUT2D eigenvalue weighted by molar-refractivity contribution is 5.94. The topological polar surface area (TPSA) is 50.2 Å². The van der Waals surface area contributed by atoms with E-state index in [1.165, 1.54) is 24.1 Å². The van der Waals surface area contributed by atoms with Crippen molar-refractivity contribution in [2.24, 2.45) is 0 Å². The highest BCUT2D eigenvalue weighted by Gasteiger charge is 2.28. The Hall–Kier alpha value is -3.08. The van der Waals surface area contributed by atoms with Gasteiger partial charge in [-0.2, -0.15) is 5.10 Å². The summed E-state index contributed by atoms with van der Waals surface area (Å²) in [5.41, 5.74) is 4.54. The first kappa shape index (κ1) is 17.0. The van der Waals surface area contributed by atoms with Crippen molar-refractivity contribution in [3.8, 4) is 5.69 Å². The first-order chi connectivity index (χ1) is 13.8.